The maximum atomic E-state index is 13.4. The summed E-state index contributed by atoms with van der Waals surface area (Å²) in [6.07, 6.45) is 0.794. The van der Waals surface area contributed by atoms with E-state index in [2.05, 4.69) is 5.32 Å². The van der Waals surface area contributed by atoms with Crippen LogP contribution >= 0.6 is 0 Å². The first kappa shape index (κ1) is 16.8. The van der Waals surface area contributed by atoms with Crippen molar-refractivity contribution in [1.82, 2.24) is 5.32 Å². The third-order valence-electron chi connectivity index (χ3n) is 3.66. The normalized spacial score (nSPS) is 19.6. The van der Waals surface area contributed by atoms with Crippen molar-refractivity contribution in [3.05, 3.63) is 29.6 Å². The lowest BCUT2D eigenvalue weighted by Gasteiger charge is -2.31. The van der Waals surface area contributed by atoms with Gasteiger partial charge in [0, 0.05) is 0 Å². The van der Waals surface area contributed by atoms with E-state index in [1.54, 1.807) is 0 Å². The van der Waals surface area contributed by atoms with Gasteiger partial charge in [0.2, 0.25) is 11.8 Å². The molecule has 0 radical (unpaired) electrons. The Hall–Kier alpha value is -2.58. The molecule has 2 rings (SSSR count). The van der Waals surface area contributed by atoms with Gasteiger partial charge in [0.15, 0.2) is 17.5 Å². The summed E-state index contributed by atoms with van der Waals surface area (Å²) in [7, 11) is 0. The van der Waals surface area contributed by atoms with Crippen molar-refractivity contribution in [1.29, 1.82) is 0 Å². The fourth-order valence-corrected chi connectivity index (χ4v) is 2.22. The number of carboxylic acid groups (broad SMARTS) is 1. The third-order valence-corrected chi connectivity index (χ3v) is 3.66. The van der Waals surface area contributed by atoms with Gasteiger partial charge in [-0.15, -0.1) is 0 Å². The zero-order chi connectivity index (χ0) is 17.1. The highest BCUT2D eigenvalue weighted by molar-refractivity contribution is 5.95. The van der Waals surface area contributed by atoms with Gasteiger partial charge in [0.1, 0.15) is 0 Å². The number of aliphatic carboxylic acids is 1. The fraction of sp³-hybridized carbons (Fsp3) is 0.357. The molecule has 2 atom stereocenters. The lowest BCUT2D eigenvalue weighted by molar-refractivity contribution is -0.152. The monoisotopic (exact) mass is 330 g/mol. The average Bonchev–Trinajstić information content (AvgIpc) is 2.44. The van der Waals surface area contributed by atoms with Crippen LogP contribution in [0.5, 0.6) is 0 Å². The second-order valence-corrected chi connectivity index (χ2v) is 5.12. The van der Waals surface area contributed by atoms with Crippen LogP contribution in [0, 0.1) is 29.3 Å². The molecular weight excluding hydrogens is 317 g/mol. The Labute approximate surface area is 128 Å². The number of hydrogen-bond donors (Lipinski definition) is 3. The van der Waals surface area contributed by atoms with E-state index in [9.17, 15) is 27.6 Å². The number of carbonyl (C=O) groups is 3. The number of halogens is 3. The number of benzene rings is 1. The van der Waals surface area contributed by atoms with E-state index in [1.807, 2.05) is 5.32 Å². The molecule has 6 nitrogen and oxygen atoms in total. The van der Waals surface area contributed by atoms with Crippen LogP contribution in [0.4, 0.5) is 18.9 Å². The Bertz CT molecular complexity index is 666. The first-order chi connectivity index (χ1) is 10.8. The lowest BCUT2D eigenvalue weighted by atomic mass is 9.73. The van der Waals surface area contributed by atoms with Gasteiger partial charge in [-0.2, -0.15) is 0 Å². The van der Waals surface area contributed by atoms with Gasteiger partial charge in [-0.05, 0) is 25.0 Å². The number of carbonyl (C=O) groups excluding carboxylic acids is 2. The summed E-state index contributed by atoms with van der Waals surface area (Å²) in [5.41, 5.74) is -0.560. The highest BCUT2D eigenvalue weighted by Crippen LogP contribution is 2.34. The van der Waals surface area contributed by atoms with Gasteiger partial charge in [-0.1, -0.05) is 0 Å². The van der Waals surface area contributed by atoms with Crippen molar-refractivity contribution in [3.63, 3.8) is 0 Å². The quantitative estimate of drug-likeness (QED) is 0.709. The molecule has 23 heavy (non-hydrogen) atoms. The predicted octanol–water partition coefficient (Wildman–Crippen LogP) is 1.27. The molecule has 2 unspecified atom stereocenters. The average molecular weight is 330 g/mol. The summed E-state index contributed by atoms with van der Waals surface area (Å²) in [5.74, 6) is -8.66. The molecule has 0 aromatic heterocycles. The predicted molar refractivity (Wildman–Crippen MR) is 71.8 cm³/mol. The Morgan fingerprint density at radius 3 is 2.30 bits per heavy atom. The molecule has 0 heterocycles. The molecule has 1 aromatic carbocycles. The molecular formula is C14H13F3N2O4. The Balaban J connectivity index is 1.87. The van der Waals surface area contributed by atoms with Crippen molar-refractivity contribution in [2.45, 2.75) is 12.8 Å². The van der Waals surface area contributed by atoms with Gasteiger partial charge in [0.05, 0.1) is 24.1 Å². The summed E-state index contributed by atoms with van der Waals surface area (Å²) in [5, 5.41) is 13.1. The lowest BCUT2D eigenvalue weighted by Crippen LogP contribution is -2.45. The Morgan fingerprint density at radius 1 is 1.09 bits per heavy atom. The second kappa shape index (κ2) is 6.67. The maximum Gasteiger partial charge on any atom is 0.307 e. The Kier molecular flexibility index (Phi) is 4.87. The van der Waals surface area contributed by atoms with E-state index in [1.165, 1.54) is 0 Å². The summed E-state index contributed by atoms with van der Waals surface area (Å²) in [6.45, 7) is -0.542. The van der Waals surface area contributed by atoms with Crippen molar-refractivity contribution >= 4 is 23.5 Å². The van der Waals surface area contributed by atoms with Crippen LogP contribution in [-0.4, -0.2) is 29.4 Å². The Morgan fingerprint density at radius 2 is 1.74 bits per heavy atom. The van der Waals surface area contributed by atoms with E-state index < -0.39 is 59.3 Å². The van der Waals surface area contributed by atoms with Gasteiger partial charge in [0.25, 0.3) is 0 Å². The minimum Gasteiger partial charge on any atom is -0.481 e. The van der Waals surface area contributed by atoms with Gasteiger partial charge in [-0.25, -0.2) is 13.2 Å². The molecule has 0 saturated heterocycles. The van der Waals surface area contributed by atoms with E-state index in [-0.39, 0.29) is 0 Å². The van der Waals surface area contributed by atoms with Crippen molar-refractivity contribution in [2.24, 2.45) is 11.8 Å². The smallest absolute Gasteiger partial charge is 0.307 e. The molecule has 1 fully saturated rings. The van der Waals surface area contributed by atoms with Crippen molar-refractivity contribution in [3.8, 4) is 0 Å². The number of rotatable bonds is 5. The van der Waals surface area contributed by atoms with Gasteiger partial charge < -0.3 is 15.7 Å². The van der Waals surface area contributed by atoms with Crippen LogP contribution in [-0.2, 0) is 14.4 Å². The minimum absolute atomic E-state index is 0.389. The van der Waals surface area contributed by atoms with Crippen LogP contribution in [0.1, 0.15) is 12.8 Å². The van der Waals surface area contributed by atoms with Crippen LogP contribution in [0.3, 0.4) is 0 Å². The van der Waals surface area contributed by atoms with Crippen LogP contribution in [0.15, 0.2) is 12.1 Å². The van der Waals surface area contributed by atoms with Gasteiger partial charge in [-0.3, -0.25) is 14.4 Å². The summed E-state index contributed by atoms with van der Waals surface area (Å²) in [6, 6.07) is 1.50. The molecule has 2 amide bonds. The number of carboxylic acids is 1. The summed E-state index contributed by atoms with van der Waals surface area (Å²) < 4.78 is 39.1. The number of amides is 2. The molecule has 0 spiro atoms. The zero-order valence-electron chi connectivity index (χ0n) is 11.7. The molecule has 9 heteroatoms. The van der Waals surface area contributed by atoms with Crippen LogP contribution in [0.25, 0.3) is 0 Å². The summed E-state index contributed by atoms with van der Waals surface area (Å²) in [4.78, 5) is 34.1. The SMILES string of the molecule is O=C(CNC(=O)C1CCC1C(=O)O)Nc1ccc(F)c(F)c1F. The minimum atomic E-state index is -1.72. The molecule has 124 valence electrons. The topological polar surface area (TPSA) is 95.5 Å². The third kappa shape index (κ3) is 3.61. The molecule has 1 saturated carbocycles. The standard InChI is InChI=1S/C14H13F3N2O4/c15-8-3-4-9(12(17)11(8)16)19-10(20)5-18-13(21)6-1-2-7(6)14(22)23/h3-4,6-7H,1-2,5H2,(H,18,21)(H,19,20)(H,22,23). The first-order valence-corrected chi connectivity index (χ1v) is 6.75. The van der Waals surface area contributed by atoms with E-state index in [4.69, 9.17) is 5.11 Å². The van der Waals surface area contributed by atoms with E-state index in [0.717, 1.165) is 6.07 Å². The number of anilines is 1. The maximum absolute atomic E-state index is 13.4. The molecule has 3 N–H and O–H groups in total. The highest BCUT2D eigenvalue weighted by atomic mass is 19.2. The van der Waals surface area contributed by atoms with Crippen LogP contribution < -0.4 is 10.6 Å². The number of hydrogen-bond acceptors (Lipinski definition) is 3. The van der Waals surface area contributed by atoms with Gasteiger partial charge >= 0.3 is 5.97 Å². The molecule has 1 aliphatic rings. The van der Waals surface area contributed by atoms with E-state index in [0.29, 0.717) is 18.9 Å². The molecule has 1 aromatic rings. The van der Waals surface area contributed by atoms with E-state index >= 15 is 0 Å². The highest BCUT2D eigenvalue weighted by Gasteiger charge is 2.41. The molecule has 1 aliphatic carbocycles. The fourth-order valence-electron chi connectivity index (χ4n) is 2.22. The molecule has 0 bridgehead atoms. The second-order valence-electron chi connectivity index (χ2n) is 5.12. The van der Waals surface area contributed by atoms with Crippen LogP contribution in [0.2, 0.25) is 0 Å². The number of nitrogens with one attached hydrogen (secondary N) is 2. The first-order valence-electron chi connectivity index (χ1n) is 6.75. The van der Waals surface area contributed by atoms with Crippen molar-refractivity contribution in [2.75, 3.05) is 11.9 Å². The molecule has 0 aliphatic heterocycles. The van der Waals surface area contributed by atoms with Crippen molar-refractivity contribution < 1.29 is 32.7 Å². The largest absolute Gasteiger partial charge is 0.481 e. The zero-order valence-corrected chi connectivity index (χ0v) is 11.7. The summed E-state index contributed by atoms with van der Waals surface area (Å²) >= 11 is 0.